The van der Waals surface area contributed by atoms with E-state index >= 15 is 0 Å². The van der Waals surface area contributed by atoms with Gasteiger partial charge in [0.15, 0.2) is 0 Å². The van der Waals surface area contributed by atoms with Crippen molar-refractivity contribution in [3.05, 3.63) is 29.3 Å². The first-order chi connectivity index (χ1) is 7.63. The van der Waals surface area contributed by atoms with Gasteiger partial charge in [-0.05, 0) is 12.1 Å². The fourth-order valence-corrected chi connectivity index (χ4v) is 1.26. The highest BCUT2D eigenvalue weighted by Gasteiger charge is 2.06. The summed E-state index contributed by atoms with van der Waals surface area (Å²) in [5, 5.41) is 5.35. The minimum absolute atomic E-state index is 0.128. The average Bonchev–Trinajstić information content (AvgIpc) is 2.29. The Morgan fingerprint density at radius 2 is 1.88 bits per heavy atom. The molecule has 1 rings (SSSR count). The van der Waals surface area contributed by atoms with Crippen LogP contribution in [0.25, 0.3) is 0 Å². The van der Waals surface area contributed by atoms with Crippen LogP contribution in [0.1, 0.15) is 0 Å². The molecule has 16 heavy (non-hydrogen) atoms. The fraction of sp³-hybridized carbons (Fsp3) is 0.200. The molecule has 0 unspecified atom stereocenters. The first-order valence-corrected chi connectivity index (χ1v) is 5.41. The molecule has 0 aliphatic carbocycles. The van der Waals surface area contributed by atoms with Crippen molar-refractivity contribution in [2.75, 3.05) is 17.7 Å². The van der Waals surface area contributed by atoms with Gasteiger partial charge in [0.25, 0.3) is 0 Å². The van der Waals surface area contributed by atoms with Crippen LogP contribution >= 0.6 is 23.2 Å². The molecule has 0 saturated heterocycles. The van der Waals surface area contributed by atoms with Crippen LogP contribution in [0.5, 0.6) is 0 Å². The van der Waals surface area contributed by atoms with Crippen LogP contribution in [0.2, 0.25) is 5.02 Å². The summed E-state index contributed by atoms with van der Waals surface area (Å²) in [6.07, 6.45) is 0. The molecule has 0 heterocycles. The molecule has 1 aromatic carbocycles. The van der Waals surface area contributed by atoms with Gasteiger partial charge in [-0.2, -0.15) is 0 Å². The number of para-hydroxylation sites is 1. The van der Waals surface area contributed by atoms with Crippen molar-refractivity contribution in [1.29, 1.82) is 0 Å². The quantitative estimate of drug-likeness (QED) is 0.809. The van der Waals surface area contributed by atoms with E-state index in [1.54, 1.807) is 24.3 Å². The van der Waals surface area contributed by atoms with Crippen LogP contribution in [-0.4, -0.2) is 24.2 Å². The normalized spacial score (nSPS) is 9.62. The van der Waals surface area contributed by atoms with E-state index < -0.39 is 5.91 Å². The summed E-state index contributed by atoms with van der Waals surface area (Å²) in [7, 11) is 0. The molecule has 2 amide bonds. The molecule has 0 saturated carbocycles. The van der Waals surface area contributed by atoms with E-state index in [2.05, 4.69) is 10.6 Å². The lowest BCUT2D eigenvalue weighted by Crippen LogP contribution is -2.33. The molecule has 0 aromatic heterocycles. The Kier molecular flexibility index (Phi) is 5.08. The van der Waals surface area contributed by atoms with Crippen LogP contribution in [0.15, 0.2) is 24.3 Å². The van der Waals surface area contributed by atoms with Crippen molar-refractivity contribution in [2.45, 2.75) is 0 Å². The molecule has 1 aromatic rings. The van der Waals surface area contributed by atoms with Gasteiger partial charge in [-0.25, -0.2) is 0 Å². The fourth-order valence-electron chi connectivity index (χ4n) is 0.983. The van der Waals surface area contributed by atoms with Gasteiger partial charge in [-0.15, -0.1) is 11.6 Å². The van der Waals surface area contributed by atoms with Crippen molar-refractivity contribution in [2.24, 2.45) is 0 Å². The van der Waals surface area contributed by atoms with Gasteiger partial charge in [0.1, 0.15) is 5.88 Å². The molecule has 0 aliphatic rings. The highest BCUT2D eigenvalue weighted by molar-refractivity contribution is 6.33. The first-order valence-electron chi connectivity index (χ1n) is 4.50. The Morgan fingerprint density at radius 1 is 1.19 bits per heavy atom. The van der Waals surface area contributed by atoms with E-state index in [0.29, 0.717) is 10.7 Å². The van der Waals surface area contributed by atoms with Crippen LogP contribution < -0.4 is 10.6 Å². The third-order valence-corrected chi connectivity index (χ3v) is 2.29. The van der Waals surface area contributed by atoms with Gasteiger partial charge < -0.3 is 10.6 Å². The Balaban J connectivity index is 2.46. The molecule has 0 bridgehead atoms. The molecule has 2 N–H and O–H groups in total. The smallest absolute Gasteiger partial charge is 0.243 e. The van der Waals surface area contributed by atoms with Gasteiger partial charge >= 0.3 is 0 Å². The average molecular weight is 261 g/mol. The van der Waals surface area contributed by atoms with Crippen LogP contribution in [-0.2, 0) is 9.59 Å². The topological polar surface area (TPSA) is 58.2 Å². The number of carbonyl (C=O) groups is 2. The Labute approximate surface area is 103 Å². The second-order valence-electron chi connectivity index (χ2n) is 2.94. The number of rotatable bonds is 4. The van der Waals surface area contributed by atoms with E-state index in [-0.39, 0.29) is 18.3 Å². The van der Waals surface area contributed by atoms with Crippen molar-refractivity contribution in [3.8, 4) is 0 Å². The van der Waals surface area contributed by atoms with Crippen LogP contribution in [0.4, 0.5) is 5.69 Å². The Hall–Kier alpha value is -1.26. The van der Waals surface area contributed by atoms with Gasteiger partial charge in [-0.1, -0.05) is 23.7 Å². The summed E-state index contributed by atoms with van der Waals surface area (Å²) >= 11 is 11.1. The van der Waals surface area contributed by atoms with Crippen molar-refractivity contribution >= 4 is 40.7 Å². The monoisotopic (exact) mass is 260 g/mol. The SMILES string of the molecule is O=C(CCl)NCC(=O)Nc1ccccc1Cl. The lowest BCUT2D eigenvalue weighted by Gasteiger charge is -2.07. The zero-order valence-corrected chi connectivity index (χ0v) is 9.81. The highest BCUT2D eigenvalue weighted by Crippen LogP contribution is 2.19. The van der Waals surface area contributed by atoms with Crippen molar-refractivity contribution < 1.29 is 9.59 Å². The third-order valence-electron chi connectivity index (χ3n) is 1.72. The van der Waals surface area contributed by atoms with E-state index in [1.165, 1.54) is 0 Å². The maximum absolute atomic E-state index is 11.4. The van der Waals surface area contributed by atoms with Gasteiger partial charge in [0.2, 0.25) is 11.8 Å². The molecule has 86 valence electrons. The molecule has 0 atom stereocenters. The summed E-state index contributed by atoms with van der Waals surface area (Å²) in [6, 6.07) is 6.84. The zero-order valence-electron chi connectivity index (χ0n) is 8.30. The molecule has 0 radical (unpaired) electrons. The standard InChI is InChI=1S/C10H10Cl2N2O2/c11-5-9(15)13-6-10(16)14-8-4-2-1-3-7(8)12/h1-4H,5-6H2,(H,13,15)(H,14,16). The summed E-state index contributed by atoms with van der Waals surface area (Å²) < 4.78 is 0. The largest absolute Gasteiger partial charge is 0.346 e. The van der Waals surface area contributed by atoms with E-state index in [4.69, 9.17) is 23.2 Å². The molecular weight excluding hydrogens is 251 g/mol. The maximum atomic E-state index is 11.4. The summed E-state index contributed by atoms with van der Waals surface area (Å²) in [6.45, 7) is -0.128. The van der Waals surface area contributed by atoms with E-state index in [9.17, 15) is 9.59 Å². The van der Waals surface area contributed by atoms with Crippen molar-refractivity contribution in [3.63, 3.8) is 0 Å². The van der Waals surface area contributed by atoms with E-state index in [1.807, 2.05) is 0 Å². The number of hydrogen-bond donors (Lipinski definition) is 2. The number of halogens is 2. The van der Waals surface area contributed by atoms with Crippen molar-refractivity contribution in [1.82, 2.24) is 5.32 Å². The second-order valence-corrected chi connectivity index (χ2v) is 3.61. The lowest BCUT2D eigenvalue weighted by atomic mass is 10.3. The van der Waals surface area contributed by atoms with E-state index in [0.717, 1.165) is 0 Å². The van der Waals surface area contributed by atoms with Gasteiger partial charge in [0.05, 0.1) is 17.3 Å². The number of benzene rings is 1. The molecular formula is C10H10Cl2N2O2. The second kappa shape index (κ2) is 6.35. The third kappa shape index (κ3) is 4.08. The van der Waals surface area contributed by atoms with Gasteiger partial charge in [-0.3, -0.25) is 9.59 Å². The number of alkyl halides is 1. The predicted octanol–water partition coefficient (Wildman–Crippen LogP) is 1.63. The number of anilines is 1. The highest BCUT2D eigenvalue weighted by atomic mass is 35.5. The first kappa shape index (κ1) is 12.8. The van der Waals surface area contributed by atoms with Crippen LogP contribution in [0, 0.1) is 0 Å². The maximum Gasteiger partial charge on any atom is 0.243 e. The molecule has 0 fully saturated rings. The minimum Gasteiger partial charge on any atom is -0.346 e. The zero-order chi connectivity index (χ0) is 12.0. The summed E-state index contributed by atoms with van der Waals surface area (Å²) in [5.74, 6) is -0.915. The molecule has 4 nitrogen and oxygen atoms in total. The number of nitrogens with one attached hydrogen (secondary N) is 2. The van der Waals surface area contributed by atoms with Gasteiger partial charge in [0, 0.05) is 0 Å². The summed E-state index contributed by atoms with van der Waals surface area (Å²) in [4.78, 5) is 22.1. The predicted molar refractivity (Wildman–Crippen MR) is 63.8 cm³/mol. The van der Waals surface area contributed by atoms with Crippen LogP contribution in [0.3, 0.4) is 0 Å². The number of hydrogen-bond acceptors (Lipinski definition) is 2. The minimum atomic E-state index is -0.393. The lowest BCUT2D eigenvalue weighted by molar-refractivity contribution is -0.122. The summed E-state index contributed by atoms with van der Waals surface area (Å²) in [5.41, 5.74) is 0.509. The molecule has 0 spiro atoms. The Bertz CT molecular complexity index is 396. The number of amides is 2. The molecule has 6 heteroatoms. The molecule has 0 aliphatic heterocycles. The number of carbonyl (C=O) groups excluding carboxylic acids is 2. The Morgan fingerprint density at radius 3 is 2.50 bits per heavy atom.